The Hall–Kier alpha value is -1.47. The van der Waals surface area contributed by atoms with Gasteiger partial charge in [-0.25, -0.2) is 17.2 Å². The lowest BCUT2D eigenvalue weighted by atomic mass is 10.2. The monoisotopic (exact) mass is 361 g/mol. The van der Waals surface area contributed by atoms with Crippen molar-refractivity contribution in [3.63, 3.8) is 0 Å². The maximum Gasteiger partial charge on any atom is 0.262 e. The fourth-order valence-electron chi connectivity index (χ4n) is 1.55. The van der Waals surface area contributed by atoms with Gasteiger partial charge in [-0.1, -0.05) is 6.07 Å². The Morgan fingerprint density at radius 3 is 2.35 bits per heavy atom. The molecule has 0 saturated carbocycles. The first-order valence-corrected chi connectivity index (χ1v) is 7.81. The number of rotatable bonds is 3. The van der Waals surface area contributed by atoms with E-state index >= 15 is 0 Å². The number of anilines is 1. The largest absolute Gasteiger partial charge is 0.278 e. The van der Waals surface area contributed by atoms with Crippen LogP contribution < -0.4 is 4.72 Å². The first kappa shape index (κ1) is 14.9. The molecule has 2 rings (SSSR count). The van der Waals surface area contributed by atoms with E-state index in [-0.39, 0.29) is 4.90 Å². The highest BCUT2D eigenvalue weighted by Gasteiger charge is 2.17. The summed E-state index contributed by atoms with van der Waals surface area (Å²) in [6.45, 7) is 1.86. The van der Waals surface area contributed by atoms with E-state index in [1.54, 1.807) is 18.2 Å². The van der Waals surface area contributed by atoms with Gasteiger partial charge in [-0.2, -0.15) is 0 Å². The van der Waals surface area contributed by atoms with Crippen LogP contribution in [-0.2, 0) is 10.0 Å². The van der Waals surface area contributed by atoms with Crippen LogP contribution in [0.2, 0.25) is 0 Å². The van der Waals surface area contributed by atoms with Gasteiger partial charge >= 0.3 is 0 Å². The molecule has 3 nitrogen and oxygen atoms in total. The van der Waals surface area contributed by atoms with Crippen LogP contribution in [0.25, 0.3) is 0 Å². The van der Waals surface area contributed by atoms with E-state index in [2.05, 4.69) is 20.7 Å². The highest BCUT2D eigenvalue weighted by atomic mass is 79.9. The number of benzene rings is 2. The molecular weight excluding hydrogens is 352 g/mol. The van der Waals surface area contributed by atoms with Gasteiger partial charge in [-0.05, 0) is 58.7 Å². The number of aryl methyl sites for hydroxylation is 1. The Kier molecular flexibility index (Phi) is 4.10. The minimum absolute atomic E-state index is 0.320. The zero-order valence-corrected chi connectivity index (χ0v) is 12.7. The summed E-state index contributed by atoms with van der Waals surface area (Å²) in [5.74, 6) is -2.31. The second kappa shape index (κ2) is 5.49. The molecule has 1 N–H and O–H groups in total. The molecule has 0 saturated heterocycles. The molecule has 2 aromatic rings. The van der Waals surface area contributed by atoms with Crippen LogP contribution >= 0.6 is 15.9 Å². The van der Waals surface area contributed by atoms with Gasteiger partial charge in [-0.15, -0.1) is 0 Å². The quantitative estimate of drug-likeness (QED) is 0.902. The van der Waals surface area contributed by atoms with Gasteiger partial charge in [0.05, 0.1) is 10.6 Å². The lowest BCUT2D eigenvalue weighted by Gasteiger charge is -2.10. The van der Waals surface area contributed by atoms with Crippen LogP contribution in [0.15, 0.2) is 45.8 Å². The summed E-state index contributed by atoms with van der Waals surface area (Å²) in [4.78, 5) is -0.344. The summed E-state index contributed by atoms with van der Waals surface area (Å²) < 4.78 is 53.0. The van der Waals surface area contributed by atoms with Gasteiger partial charge in [0.15, 0.2) is 11.6 Å². The van der Waals surface area contributed by atoms with Gasteiger partial charge in [0.25, 0.3) is 10.0 Å². The van der Waals surface area contributed by atoms with Crippen molar-refractivity contribution in [2.24, 2.45) is 0 Å². The van der Waals surface area contributed by atoms with Crippen molar-refractivity contribution in [2.75, 3.05) is 4.72 Å². The molecular formula is C13H10BrF2NO2S. The Bertz CT molecular complexity index is 763. The summed E-state index contributed by atoms with van der Waals surface area (Å²) in [7, 11) is -3.97. The molecule has 0 spiro atoms. The summed E-state index contributed by atoms with van der Waals surface area (Å²) in [6, 6.07) is 7.46. The van der Waals surface area contributed by atoms with Crippen LogP contribution in [0.5, 0.6) is 0 Å². The topological polar surface area (TPSA) is 46.2 Å². The van der Waals surface area contributed by atoms with Crippen molar-refractivity contribution >= 4 is 31.6 Å². The molecule has 0 aliphatic carbocycles. The SMILES string of the molecule is Cc1ccc(NS(=O)(=O)c2ccc(F)c(F)c2)c(Br)c1. The van der Waals surface area contributed by atoms with E-state index in [0.29, 0.717) is 16.2 Å². The molecule has 0 aliphatic heterocycles. The third kappa shape index (κ3) is 3.16. The third-order valence-electron chi connectivity index (χ3n) is 2.57. The molecule has 0 aromatic heterocycles. The van der Waals surface area contributed by atoms with Gasteiger partial charge in [0.2, 0.25) is 0 Å². The number of sulfonamides is 1. The van der Waals surface area contributed by atoms with Crippen LogP contribution in [0.1, 0.15) is 5.56 Å². The van der Waals surface area contributed by atoms with Crippen LogP contribution in [0.3, 0.4) is 0 Å². The summed E-state index contributed by atoms with van der Waals surface area (Å²) in [5, 5.41) is 0. The molecule has 0 radical (unpaired) electrons. The number of hydrogen-bond acceptors (Lipinski definition) is 2. The average Bonchev–Trinajstić information content (AvgIpc) is 2.36. The maximum absolute atomic E-state index is 13.1. The van der Waals surface area contributed by atoms with Crippen LogP contribution in [0.4, 0.5) is 14.5 Å². The fraction of sp³-hybridized carbons (Fsp3) is 0.0769. The van der Waals surface area contributed by atoms with Crippen molar-refractivity contribution in [1.82, 2.24) is 0 Å². The van der Waals surface area contributed by atoms with E-state index in [4.69, 9.17) is 0 Å². The number of nitrogens with one attached hydrogen (secondary N) is 1. The van der Waals surface area contributed by atoms with E-state index in [9.17, 15) is 17.2 Å². The summed E-state index contributed by atoms with van der Waals surface area (Å²) in [5.41, 5.74) is 1.27. The average molecular weight is 362 g/mol. The highest BCUT2D eigenvalue weighted by molar-refractivity contribution is 9.10. The molecule has 0 unspecified atom stereocenters. The fourth-order valence-corrected chi connectivity index (χ4v) is 3.37. The zero-order valence-electron chi connectivity index (χ0n) is 10.3. The highest BCUT2D eigenvalue weighted by Crippen LogP contribution is 2.26. The predicted octanol–water partition coefficient (Wildman–Crippen LogP) is 3.84. The number of hydrogen-bond donors (Lipinski definition) is 1. The molecule has 7 heteroatoms. The molecule has 0 atom stereocenters. The van der Waals surface area contributed by atoms with E-state index in [0.717, 1.165) is 17.7 Å². The number of halogens is 3. The molecule has 0 amide bonds. The normalized spacial score (nSPS) is 11.4. The van der Waals surface area contributed by atoms with Crippen molar-refractivity contribution in [3.05, 3.63) is 58.1 Å². The van der Waals surface area contributed by atoms with E-state index in [1.807, 2.05) is 6.92 Å². The molecule has 106 valence electrons. The van der Waals surface area contributed by atoms with Crippen molar-refractivity contribution in [3.8, 4) is 0 Å². The molecule has 0 fully saturated rings. The zero-order chi connectivity index (χ0) is 14.9. The minimum Gasteiger partial charge on any atom is -0.278 e. The Morgan fingerprint density at radius 1 is 1.05 bits per heavy atom. The van der Waals surface area contributed by atoms with Gasteiger partial charge < -0.3 is 0 Å². The van der Waals surface area contributed by atoms with Crippen molar-refractivity contribution in [2.45, 2.75) is 11.8 Å². The predicted molar refractivity (Wildman–Crippen MR) is 76.0 cm³/mol. The van der Waals surface area contributed by atoms with Gasteiger partial charge in [-0.3, -0.25) is 4.72 Å². The van der Waals surface area contributed by atoms with Crippen molar-refractivity contribution < 1.29 is 17.2 Å². The Balaban J connectivity index is 2.38. The molecule has 0 heterocycles. The smallest absolute Gasteiger partial charge is 0.262 e. The maximum atomic E-state index is 13.1. The second-order valence-electron chi connectivity index (χ2n) is 4.16. The summed E-state index contributed by atoms with van der Waals surface area (Å²) >= 11 is 3.24. The summed E-state index contributed by atoms with van der Waals surface area (Å²) in [6.07, 6.45) is 0. The van der Waals surface area contributed by atoms with Crippen LogP contribution in [0, 0.1) is 18.6 Å². The lowest BCUT2D eigenvalue weighted by Crippen LogP contribution is -2.13. The molecule has 0 bridgehead atoms. The van der Waals surface area contributed by atoms with Crippen LogP contribution in [-0.4, -0.2) is 8.42 Å². The Labute approximate surface area is 123 Å². The minimum atomic E-state index is -3.97. The van der Waals surface area contributed by atoms with Gasteiger partial charge in [0, 0.05) is 4.47 Å². The van der Waals surface area contributed by atoms with Gasteiger partial charge in [0.1, 0.15) is 0 Å². The van der Waals surface area contributed by atoms with E-state index in [1.165, 1.54) is 0 Å². The lowest BCUT2D eigenvalue weighted by molar-refractivity contribution is 0.504. The standard InChI is InChI=1S/C13H10BrF2NO2S/c1-8-2-5-13(10(14)6-8)17-20(18,19)9-3-4-11(15)12(16)7-9/h2-7,17H,1H3. The first-order valence-electron chi connectivity index (χ1n) is 5.53. The first-order chi connectivity index (χ1) is 9.29. The van der Waals surface area contributed by atoms with E-state index < -0.39 is 21.7 Å². The second-order valence-corrected chi connectivity index (χ2v) is 6.70. The molecule has 2 aromatic carbocycles. The molecule has 20 heavy (non-hydrogen) atoms. The molecule has 0 aliphatic rings. The third-order valence-corrected chi connectivity index (χ3v) is 4.59. The van der Waals surface area contributed by atoms with Crippen molar-refractivity contribution in [1.29, 1.82) is 0 Å². The Morgan fingerprint density at radius 2 is 1.75 bits per heavy atom.